The quantitative estimate of drug-likeness (QED) is 0.362. The lowest BCUT2D eigenvalue weighted by Crippen LogP contribution is -2.11. The SMILES string of the molecule is CCC(CC)c1nnc(NC(=O)c2ccc(SCc3cn4ccccc4n3)cc2)s1. The van der Waals surface area contributed by atoms with Crippen LogP contribution in [0.2, 0.25) is 0 Å². The lowest BCUT2D eigenvalue weighted by atomic mass is 10.1. The van der Waals surface area contributed by atoms with Crippen molar-refractivity contribution in [2.75, 3.05) is 5.32 Å². The summed E-state index contributed by atoms with van der Waals surface area (Å²) in [7, 11) is 0. The minimum Gasteiger partial charge on any atom is -0.307 e. The van der Waals surface area contributed by atoms with E-state index in [0.717, 1.165) is 39.8 Å². The average molecular weight is 438 g/mol. The smallest absolute Gasteiger partial charge is 0.257 e. The van der Waals surface area contributed by atoms with Crippen LogP contribution in [0.25, 0.3) is 5.65 Å². The van der Waals surface area contributed by atoms with E-state index >= 15 is 0 Å². The molecule has 3 heterocycles. The Morgan fingerprint density at radius 2 is 1.93 bits per heavy atom. The van der Waals surface area contributed by atoms with Crippen molar-refractivity contribution in [2.45, 2.75) is 43.3 Å². The maximum Gasteiger partial charge on any atom is 0.257 e. The molecule has 1 amide bonds. The van der Waals surface area contributed by atoms with E-state index in [4.69, 9.17) is 0 Å². The van der Waals surface area contributed by atoms with Crippen molar-refractivity contribution in [3.63, 3.8) is 0 Å². The van der Waals surface area contributed by atoms with Gasteiger partial charge in [-0.1, -0.05) is 31.3 Å². The molecule has 0 fully saturated rings. The zero-order chi connectivity index (χ0) is 20.9. The maximum atomic E-state index is 12.5. The lowest BCUT2D eigenvalue weighted by Gasteiger charge is -2.06. The molecule has 3 aromatic heterocycles. The van der Waals surface area contributed by atoms with Crippen LogP contribution >= 0.6 is 23.1 Å². The van der Waals surface area contributed by atoms with Crippen molar-refractivity contribution in [2.24, 2.45) is 0 Å². The van der Waals surface area contributed by atoms with Crippen LogP contribution in [0.4, 0.5) is 5.13 Å². The van der Waals surface area contributed by atoms with E-state index in [9.17, 15) is 4.79 Å². The first-order valence-electron chi connectivity index (χ1n) is 9.96. The Kier molecular flexibility index (Phi) is 6.44. The van der Waals surface area contributed by atoms with E-state index in [1.807, 2.05) is 59.3 Å². The molecule has 1 aromatic carbocycles. The molecule has 0 radical (unpaired) electrons. The fourth-order valence-electron chi connectivity index (χ4n) is 3.17. The van der Waals surface area contributed by atoms with Crippen LogP contribution in [0.5, 0.6) is 0 Å². The summed E-state index contributed by atoms with van der Waals surface area (Å²) in [6.07, 6.45) is 6.08. The monoisotopic (exact) mass is 437 g/mol. The van der Waals surface area contributed by atoms with Gasteiger partial charge in [0.1, 0.15) is 10.7 Å². The van der Waals surface area contributed by atoms with Gasteiger partial charge >= 0.3 is 0 Å². The number of pyridine rings is 1. The number of nitrogens with zero attached hydrogens (tertiary/aromatic N) is 4. The second kappa shape index (κ2) is 9.40. The summed E-state index contributed by atoms with van der Waals surface area (Å²) >= 11 is 3.15. The summed E-state index contributed by atoms with van der Waals surface area (Å²) in [5.74, 6) is 1.01. The zero-order valence-corrected chi connectivity index (χ0v) is 18.5. The Labute approximate surface area is 183 Å². The fraction of sp³-hybridized carbons (Fsp3) is 0.273. The first kappa shape index (κ1) is 20.6. The zero-order valence-electron chi connectivity index (χ0n) is 16.9. The minimum atomic E-state index is -0.167. The number of amides is 1. The van der Waals surface area contributed by atoms with Gasteiger partial charge in [0.25, 0.3) is 5.91 Å². The van der Waals surface area contributed by atoms with E-state index < -0.39 is 0 Å². The van der Waals surface area contributed by atoms with E-state index in [2.05, 4.69) is 34.3 Å². The molecule has 0 saturated carbocycles. The number of carbonyl (C=O) groups excluding carboxylic acids is 1. The Bertz CT molecular complexity index is 1100. The average Bonchev–Trinajstić information content (AvgIpc) is 3.40. The molecule has 0 unspecified atom stereocenters. The van der Waals surface area contributed by atoms with Crippen LogP contribution in [-0.4, -0.2) is 25.5 Å². The van der Waals surface area contributed by atoms with Gasteiger partial charge in [0.2, 0.25) is 5.13 Å². The van der Waals surface area contributed by atoms with Gasteiger partial charge in [0.05, 0.1) is 5.69 Å². The molecule has 4 rings (SSSR count). The van der Waals surface area contributed by atoms with Crippen molar-refractivity contribution in [3.8, 4) is 0 Å². The molecule has 154 valence electrons. The predicted molar refractivity (Wildman–Crippen MR) is 122 cm³/mol. The normalized spacial score (nSPS) is 11.3. The van der Waals surface area contributed by atoms with Crippen molar-refractivity contribution in [1.29, 1.82) is 0 Å². The molecule has 0 saturated heterocycles. The van der Waals surface area contributed by atoms with Crippen molar-refractivity contribution < 1.29 is 4.79 Å². The molecular weight excluding hydrogens is 414 g/mol. The van der Waals surface area contributed by atoms with Crippen molar-refractivity contribution in [1.82, 2.24) is 19.6 Å². The third kappa shape index (κ3) is 4.71. The standard InChI is InChI=1S/C22H23N5OS2/c1-3-15(4-2)21-25-26-22(30-21)24-20(28)16-8-10-18(11-9-16)29-14-17-13-27-12-6-5-7-19(27)23-17/h5-13,15H,3-4,14H2,1-2H3,(H,24,26,28). The first-order valence-corrected chi connectivity index (χ1v) is 11.8. The number of benzene rings is 1. The number of rotatable bonds is 8. The summed E-state index contributed by atoms with van der Waals surface area (Å²) in [5, 5.41) is 12.7. The number of hydrogen-bond acceptors (Lipinski definition) is 6. The number of nitrogens with one attached hydrogen (secondary N) is 1. The van der Waals surface area contributed by atoms with Gasteiger partial charge in [-0.15, -0.1) is 22.0 Å². The third-order valence-electron chi connectivity index (χ3n) is 4.91. The Morgan fingerprint density at radius 1 is 1.13 bits per heavy atom. The molecular formula is C22H23N5OS2. The van der Waals surface area contributed by atoms with Gasteiger partial charge in [-0.05, 0) is 49.2 Å². The summed E-state index contributed by atoms with van der Waals surface area (Å²) in [4.78, 5) is 18.2. The molecule has 0 aliphatic carbocycles. The minimum absolute atomic E-state index is 0.167. The second-order valence-corrected chi connectivity index (χ2v) is 8.98. The molecule has 4 aromatic rings. The first-order chi connectivity index (χ1) is 14.7. The summed E-state index contributed by atoms with van der Waals surface area (Å²) in [5.41, 5.74) is 2.58. The topological polar surface area (TPSA) is 72.2 Å². The maximum absolute atomic E-state index is 12.5. The second-order valence-electron chi connectivity index (χ2n) is 6.92. The molecule has 8 heteroatoms. The number of hydrogen-bond donors (Lipinski definition) is 1. The number of anilines is 1. The molecule has 6 nitrogen and oxygen atoms in total. The highest BCUT2D eigenvalue weighted by molar-refractivity contribution is 7.98. The molecule has 0 bridgehead atoms. The Hall–Kier alpha value is -2.71. The molecule has 30 heavy (non-hydrogen) atoms. The highest BCUT2D eigenvalue weighted by atomic mass is 32.2. The van der Waals surface area contributed by atoms with Gasteiger partial charge in [0, 0.05) is 34.5 Å². The van der Waals surface area contributed by atoms with Crippen molar-refractivity contribution >= 4 is 39.8 Å². The summed E-state index contributed by atoms with van der Waals surface area (Å²) in [6.45, 7) is 4.28. The van der Waals surface area contributed by atoms with Crippen LogP contribution in [0.15, 0.2) is 59.8 Å². The van der Waals surface area contributed by atoms with Crippen LogP contribution < -0.4 is 5.32 Å². The van der Waals surface area contributed by atoms with E-state index in [-0.39, 0.29) is 5.91 Å². The molecule has 0 spiro atoms. The van der Waals surface area contributed by atoms with Gasteiger partial charge < -0.3 is 4.40 Å². The van der Waals surface area contributed by atoms with Gasteiger partial charge in [-0.2, -0.15) is 0 Å². The highest BCUT2D eigenvalue weighted by Gasteiger charge is 2.15. The van der Waals surface area contributed by atoms with E-state index in [1.54, 1.807) is 11.8 Å². The molecule has 0 aliphatic rings. The molecule has 1 N–H and O–H groups in total. The Balaban J connectivity index is 1.35. The van der Waals surface area contributed by atoms with Crippen LogP contribution in [0.1, 0.15) is 53.7 Å². The summed E-state index contributed by atoms with van der Waals surface area (Å²) in [6, 6.07) is 13.6. The van der Waals surface area contributed by atoms with Gasteiger partial charge in [0.15, 0.2) is 0 Å². The number of imidazole rings is 1. The highest BCUT2D eigenvalue weighted by Crippen LogP contribution is 2.28. The number of thioether (sulfide) groups is 1. The van der Waals surface area contributed by atoms with Gasteiger partial charge in [-0.3, -0.25) is 10.1 Å². The van der Waals surface area contributed by atoms with Crippen LogP contribution in [0, 0.1) is 0 Å². The fourth-order valence-corrected chi connectivity index (χ4v) is 4.96. The van der Waals surface area contributed by atoms with E-state index in [1.165, 1.54) is 11.3 Å². The number of carbonyl (C=O) groups is 1. The lowest BCUT2D eigenvalue weighted by molar-refractivity contribution is 0.102. The molecule has 0 atom stereocenters. The molecule has 0 aliphatic heterocycles. The van der Waals surface area contributed by atoms with Crippen LogP contribution in [-0.2, 0) is 5.75 Å². The summed E-state index contributed by atoms with van der Waals surface area (Å²) < 4.78 is 2.02. The third-order valence-corrected chi connectivity index (χ3v) is 6.96. The largest absolute Gasteiger partial charge is 0.307 e. The van der Waals surface area contributed by atoms with Crippen LogP contribution in [0.3, 0.4) is 0 Å². The van der Waals surface area contributed by atoms with E-state index in [0.29, 0.717) is 16.6 Å². The van der Waals surface area contributed by atoms with Crippen molar-refractivity contribution in [3.05, 3.63) is 71.1 Å². The van der Waals surface area contributed by atoms with Gasteiger partial charge in [-0.25, -0.2) is 4.98 Å². The Morgan fingerprint density at radius 3 is 2.67 bits per heavy atom. The predicted octanol–water partition coefficient (Wildman–Crippen LogP) is 5.63. The number of fused-ring (bicyclic) bond motifs is 1. The number of aromatic nitrogens is 4.